The van der Waals surface area contributed by atoms with Gasteiger partial charge in [0.2, 0.25) is 11.8 Å². The molecule has 2 atom stereocenters. The van der Waals surface area contributed by atoms with E-state index in [2.05, 4.69) is 0 Å². The van der Waals surface area contributed by atoms with E-state index in [0.29, 0.717) is 0 Å². The van der Waals surface area contributed by atoms with Crippen molar-refractivity contribution in [3.8, 4) is 0 Å². The number of nitrogens with two attached hydrogens (primary N) is 1. The predicted molar refractivity (Wildman–Crippen MR) is 40.7 cm³/mol. The Morgan fingerprint density at radius 2 is 2.25 bits per heavy atom. The maximum Gasteiger partial charge on any atom is 0.240 e. The van der Waals surface area contributed by atoms with E-state index in [9.17, 15) is 9.59 Å². The Kier molecular flexibility index (Phi) is 2.32. The number of aliphatic hydroxyl groups is 1. The second-order valence-electron chi connectivity index (χ2n) is 2.78. The van der Waals surface area contributed by atoms with Crippen LogP contribution in [0.4, 0.5) is 0 Å². The highest BCUT2D eigenvalue weighted by atomic mass is 16.3. The quantitative estimate of drug-likeness (QED) is 0.491. The average Bonchev–Trinajstić information content (AvgIpc) is 2.31. The second kappa shape index (κ2) is 3.10. The standard InChI is InChI=1S/C7H11N2O3/c1-4(10)9-3-5(11)2-6(9)7(8)12/h2,5-6,11H,3H2,1H3,(H2,8,12)/t5-,6?/m1/s1. The summed E-state index contributed by atoms with van der Waals surface area (Å²) in [6.45, 7) is 1.49. The minimum absolute atomic E-state index is 0.156. The molecule has 1 fully saturated rings. The SMILES string of the molecule is CC(=O)N1C[C@H](O)[CH]C1C(N)=O. The first-order valence-electron chi connectivity index (χ1n) is 3.62. The molecule has 1 unspecified atom stereocenters. The molecule has 0 bridgehead atoms. The molecule has 2 amide bonds. The molecule has 67 valence electrons. The topological polar surface area (TPSA) is 83.6 Å². The Morgan fingerprint density at radius 1 is 1.67 bits per heavy atom. The van der Waals surface area contributed by atoms with Crippen LogP contribution in [-0.4, -0.2) is 40.5 Å². The van der Waals surface area contributed by atoms with Gasteiger partial charge in [-0.25, -0.2) is 0 Å². The van der Waals surface area contributed by atoms with Gasteiger partial charge in [0.1, 0.15) is 6.04 Å². The molecule has 1 saturated heterocycles. The van der Waals surface area contributed by atoms with Crippen LogP contribution in [0.2, 0.25) is 0 Å². The summed E-state index contributed by atoms with van der Waals surface area (Å²) in [5.74, 6) is -0.867. The molecule has 1 aliphatic heterocycles. The van der Waals surface area contributed by atoms with Crippen LogP contribution in [0.15, 0.2) is 0 Å². The Labute approximate surface area is 70.1 Å². The molecule has 1 rings (SSSR count). The number of carbonyl (C=O) groups excluding carboxylic acids is 2. The Bertz CT molecular complexity index is 195. The van der Waals surface area contributed by atoms with Crippen molar-refractivity contribution in [2.24, 2.45) is 5.73 Å². The zero-order valence-corrected chi connectivity index (χ0v) is 6.73. The van der Waals surface area contributed by atoms with Crippen LogP contribution in [0, 0.1) is 6.42 Å². The fraction of sp³-hybridized carbons (Fsp3) is 0.571. The number of aliphatic hydroxyl groups excluding tert-OH is 1. The van der Waals surface area contributed by atoms with Crippen LogP contribution in [-0.2, 0) is 9.59 Å². The van der Waals surface area contributed by atoms with Crippen molar-refractivity contribution < 1.29 is 14.7 Å². The van der Waals surface area contributed by atoms with Crippen molar-refractivity contribution in [1.29, 1.82) is 0 Å². The largest absolute Gasteiger partial charge is 0.391 e. The maximum atomic E-state index is 10.9. The molecule has 0 aromatic heterocycles. The highest BCUT2D eigenvalue weighted by molar-refractivity contribution is 5.87. The zero-order valence-electron chi connectivity index (χ0n) is 6.73. The van der Waals surface area contributed by atoms with Gasteiger partial charge < -0.3 is 15.7 Å². The van der Waals surface area contributed by atoms with Crippen molar-refractivity contribution in [3.63, 3.8) is 0 Å². The summed E-state index contributed by atoms with van der Waals surface area (Å²) in [5.41, 5.74) is 5.01. The van der Waals surface area contributed by atoms with Crippen molar-refractivity contribution in [2.45, 2.75) is 19.1 Å². The van der Waals surface area contributed by atoms with Crippen LogP contribution >= 0.6 is 0 Å². The lowest BCUT2D eigenvalue weighted by Crippen LogP contribution is -2.42. The molecule has 0 aromatic carbocycles. The van der Waals surface area contributed by atoms with Crippen LogP contribution in [0.1, 0.15) is 6.92 Å². The minimum Gasteiger partial charge on any atom is -0.391 e. The van der Waals surface area contributed by atoms with E-state index in [-0.39, 0.29) is 12.5 Å². The lowest BCUT2D eigenvalue weighted by Gasteiger charge is -2.19. The molecule has 0 spiro atoms. The molecule has 1 heterocycles. The van der Waals surface area contributed by atoms with Crippen molar-refractivity contribution in [1.82, 2.24) is 4.90 Å². The number of carbonyl (C=O) groups is 2. The van der Waals surface area contributed by atoms with Crippen LogP contribution in [0.5, 0.6) is 0 Å². The first kappa shape index (κ1) is 8.99. The highest BCUT2D eigenvalue weighted by Crippen LogP contribution is 2.16. The monoisotopic (exact) mass is 171 g/mol. The van der Waals surface area contributed by atoms with E-state index in [1.165, 1.54) is 18.2 Å². The average molecular weight is 171 g/mol. The third kappa shape index (κ3) is 1.55. The Hall–Kier alpha value is -1.10. The summed E-state index contributed by atoms with van der Waals surface area (Å²) >= 11 is 0. The minimum atomic E-state index is -0.752. The molecule has 1 aliphatic rings. The molecule has 0 aromatic rings. The van der Waals surface area contributed by atoms with Crippen molar-refractivity contribution in [2.75, 3.05) is 6.54 Å². The number of hydrogen-bond donors (Lipinski definition) is 2. The van der Waals surface area contributed by atoms with E-state index in [4.69, 9.17) is 10.8 Å². The lowest BCUT2D eigenvalue weighted by atomic mass is 10.2. The number of rotatable bonds is 1. The number of hydrogen-bond acceptors (Lipinski definition) is 3. The van der Waals surface area contributed by atoms with Gasteiger partial charge in [0, 0.05) is 19.9 Å². The van der Waals surface area contributed by atoms with E-state index >= 15 is 0 Å². The van der Waals surface area contributed by atoms with Gasteiger partial charge in [-0.3, -0.25) is 9.59 Å². The van der Waals surface area contributed by atoms with Crippen LogP contribution in [0.3, 0.4) is 0 Å². The molecular formula is C7H11N2O3. The number of β-amino-alcohol motifs (C(OH)–C–C–N with tert-alkyl or cyclic N) is 1. The zero-order chi connectivity index (χ0) is 9.30. The first-order valence-corrected chi connectivity index (χ1v) is 3.62. The van der Waals surface area contributed by atoms with E-state index in [1.54, 1.807) is 0 Å². The van der Waals surface area contributed by atoms with Gasteiger partial charge in [0.25, 0.3) is 0 Å². The maximum absolute atomic E-state index is 10.9. The van der Waals surface area contributed by atoms with Crippen molar-refractivity contribution >= 4 is 11.8 Å². The molecule has 0 saturated carbocycles. The van der Waals surface area contributed by atoms with Gasteiger partial charge in [-0.2, -0.15) is 0 Å². The fourth-order valence-electron chi connectivity index (χ4n) is 1.26. The molecule has 1 radical (unpaired) electrons. The van der Waals surface area contributed by atoms with Crippen LogP contribution in [0.25, 0.3) is 0 Å². The van der Waals surface area contributed by atoms with Gasteiger partial charge >= 0.3 is 0 Å². The summed E-state index contributed by atoms with van der Waals surface area (Å²) in [4.78, 5) is 22.9. The highest BCUT2D eigenvalue weighted by Gasteiger charge is 2.36. The molecular weight excluding hydrogens is 160 g/mol. The van der Waals surface area contributed by atoms with Gasteiger partial charge in [-0.1, -0.05) is 0 Å². The molecule has 5 heteroatoms. The molecule has 12 heavy (non-hydrogen) atoms. The summed E-state index contributed by atoms with van der Waals surface area (Å²) in [6, 6.07) is -0.752. The van der Waals surface area contributed by atoms with Gasteiger partial charge in [-0.15, -0.1) is 0 Å². The van der Waals surface area contributed by atoms with Crippen molar-refractivity contribution in [3.05, 3.63) is 6.42 Å². The summed E-state index contributed by atoms with van der Waals surface area (Å²) in [7, 11) is 0. The Balaban J connectivity index is 2.72. The first-order chi connectivity index (χ1) is 5.52. The number of primary amides is 1. The number of amides is 2. The van der Waals surface area contributed by atoms with Gasteiger partial charge in [0.15, 0.2) is 0 Å². The fourth-order valence-corrected chi connectivity index (χ4v) is 1.26. The predicted octanol–water partition coefficient (Wildman–Crippen LogP) is -1.73. The van der Waals surface area contributed by atoms with Gasteiger partial charge in [0.05, 0.1) is 6.10 Å². The normalized spacial score (nSPS) is 29.0. The summed E-state index contributed by atoms with van der Waals surface area (Å²) in [6.07, 6.45) is 0.621. The molecule has 3 N–H and O–H groups in total. The number of nitrogens with zero attached hydrogens (tertiary/aromatic N) is 1. The second-order valence-corrected chi connectivity index (χ2v) is 2.78. The third-order valence-electron chi connectivity index (χ3n) is 1.82. The summed E-state index contributed by atoms with van der Waals surface area (Å²) in [5, 5.41) is 9.11. The Morgan fingerprint density at radius 3 is 2.58 bits per heavy atom. The smallest absolute Gasteiger partial charge is 0.240 e. The molecule has 5 nitrogen and oxygen atoms in total. The van der Waals surface area contributed by atoms with Gasteiger partial charge in [-0.05, 0) is 0 Å². The van der Waals surface area contributed by atoms with Crippen LogP contribution < -0.4 is 5.73 Å². The molecule has 0 aliphatic carbocycles. The summed E-state index contributed by atoms with van der Waals surface area (Å²) < 4.78 is 0. The van der Waals surface area contributed by atoms with E-state index < -0.39 is 18.1 Å². The lowest BCUT2D eigenvalue weighted by molar-refractivity contribution is -0.135. The number of likely N-dealkylation sites (tertiary alicyclic amines) is 1. The van der Waals surface area contributed by atoms with E-state index in [0.717, 1.165) is 0 Å². The third-order valence-corrected chi connectivity index (χ3v) is 1.82. The van der Waals surface area contributed by atoms with E-state index in [1.807, 2.05) is 0 Å².